The summed E-state index contributed by atoms with van der Waals surface area (Å²) >= 11 is 0. The fourth-order valence-corrected chi connectivity index (χ4v) is 4.48. The van der Waals surface area contributed by atoms with Crippen molar-refractivity contribution in [3.63, 3.8) is 0 Å². The number of allylic oxidation sites excluding steroid dienone is 1. The maximum absolute atomic E-state index is 12.3. The minimum Gasteiger partial charge on any atom is -0.462 e. The second-order valence-corrected chi connectivity index (χ2v) is 7.21. The number of ether oxygens (including phenoxy) is 1. The van der Waals surface area contributed by atoms with E-state index in [1.54, 1.807) is 6.20 Å². The fourth-order valence-electron chi connectivity index (χ4n) is 4.48. The van der Waals surface area contributed by atoms with Crippen molar-refractivity contribution in [2.45, 2.75) is 40.2 Å². The molecule has 0 amide bonds. The van der Waals surface area contributed by atoms with Crippen molar-refractivity contribution in [2.24, 2.45) is 29.1 Å². The van der Waals surface area contributed by atoms with Gasteiger partial charge in [0.15, 0.2) is 0 Å². The number of nitrogens with zero attached hydrogens (tertiary/aromatic N) is 1. The quantitative estimate of drug-likeness (QED) is 0.477. The molecule has 2 heterocycles. The molecule has 23 heavy (non-hydrogen) atoms. The van der Waals surface area contributed by atoms with E-state index in [0.717, 1.165) is 12.1 Å². The molecule has 124 valence electrons. The summed E-state index contributed by atoms with van der Waals surface area (Å²) in [6.45, 7) is 8.66. The Bertz CT molecular complexity index is 588. The molecular formula is C19H24NO2W-. The smallest absolute Gasteiger partial charge is 0.312 e. The van der Waals surface area contributed by atoms with E-state index in [1.165, 1.54) is 0 Å². The third-order valence-electron chi connectivity index (χ3n) is 5.79. The molecule has 0 bridgehead atoms. The SMILES string of the molecule is CC1C[C@@]2(C)C(=O)O[C@H](C)[C@H]2[C@@H](/C=C/c2cc[c-]cn2)[C@@H]1C.[W]. The van der Waals surface area contributed by atoms with Gasteiger partial charge in [0.05, 0.1) is 5.41 Å². The van der Waals surface area contributed by atoms with E-state index in [4.69, 9.17) is 4.74 Å². The van der Waals surface area contributed by atoms with Crippen molar-refractivity contribution >= 4 is 12.0 Å². The van der Waals surface area contributed by atoms with Gasteiger partial charge in [0, 0.05) is 27.0 Å². The number of aromatic nitrogens is 1. The number of rotatable bonds is 2. The zero-order chi connectivity index (χ0) is 15.9. The number of esters is 1. The van der Waals surface area contributed by atoms with Crippen molar-refractivity contribution in [3.05, 3.63) is 36.2 Å². The van der Waals surface area contributed by atoms with E-state index in [2.05, 4.69) is 44.0 Å². The van der Waals surface area contributed by atoms with E-state index in [0.29, 0.717) is 17.8 Å². The molecule has 0 N–H and O–H groups in total. The number of carbonyl (C=O) groups excluding carboxylic acids is 1. The summed E-state index contributed by atoms with van der Waals surface area (Å²) in [4.78, 5) is 16.7. The minimum atomic E-state index is -0.349. The molecule has 2 aliphatic rings. The molecule has 4 heteroatoms. The second-order valence-electron chi connectivity index (χ2n) is 7.21. The molecule has 1 unspecified atom stereocenters. The third kappa shape index (κ3) is 3.17. The van der Waals surface area contributed by atoms with Gasteiger partial charge in [-0.05, 0) is 43.7 Å². The number of pyridine rings is 1. The molecule has 1 aromatic heterocycles. The average molecular weight is 482 g/mol. The zero-order valence-corrected chi connectivity index (χ0v) is 17.1. The summed E-state index contributed by atoms with van der Waals surface area (Å²) in [5, 5.41) is 0. The van der Waals surface area contributed by atoms with E-state index in [9.17, 15) is 4.79 Å². The molecule has 1 aliphatic heterocycles. The third-order valence-corrected chi connectivity index (χ3v) is 5.79. The maximum atomic E-state index is 12.3. The fraction of sp³-hybridized carbons (Fsp3) is 0.579. The Kier molecular flexibility index (Phi) is 5.51. The Hall–Kier alpha value is -0.952. The summed E-state index contributed by atoms with van der Waals surface area (Å²) in [6, 6.07) is 6.75. The first-order valence-electron chi connectivity index (χ1n) is 8.15. The van der Waals surface area contributed by atoms with Gasteiger partial charge in [-0.1, -0.05) is 32.2 Å². The van der Waals surface area contributed by atoms with Gasteiger partial charge in [-0.3, -0.25) is 9.78 Å². The Labute approximate surface area is 153 Å². The predicted molar refractivity (Wildman–Crippen MR) is 85.7 cm³/mol. The van der Waals surface area contributed by atoms with Gasteiger partial charge < -0.3 is 4.74 Å². The summed E-state index contributed by atoms with van der Waals surface area (Å²) < 4.78 is 5.60. The first kappa shape index (κ1) is 18.4. The van der Waals surface area contributed by atoms with Crippen LogP contribution in [-0.4, -0.2) is 17.1 Å². The van der Waals surface area contributed by atoms with E-state index in [-0.39, 0.29) is 44.5 Å². The molecule has 1 aromatic rings. The van der Waals surface area contributed by atoms with Crippen LogP contribution in [0.1, 0.15) is 39.8 Å². The number of carbonyl (C=O) groups is 1. The van der Waals surface area contributed by atoms with Gasteiger partial charge in [-0.15, -0.1) is 0 Å². The molecule has 1 aliphatic carbocycles. The van der Waals surface area contributed by atoms with E-state index < -0.39 is 0 Å². The molecule has 0 spiro atoms. The van der Waals surface area contributed by atoms with Crippen LogP contribution in [0.15, 0.2) is 24.4 Å². The summed E-state index contributed by atoms with van der Waals surface area (Å²) in [6.07, 6.45) is 6.90. The first-order chi connectivity index (χ1) is 10.4. The van der Waals surface area contributed by atoms with Crippen LogP contribution in [0.5, 0.6) is 0 Å². The van der Waals surface area contributed by atoms with Crippen molar-refractivity contribution in [1.29, 1.82) is 0 Å². The largest absolute Gasteiger partial charge is 0.462 e. The second kappa shape index (κ2) is 6.89. The number of fused-ring (bicyclic) bond motifs is 1. The van der Waals surface area contributed by atoms with E-state index in [1.807, 2.05) is 19.1 Å². The topological polar surface area (TPSA) is 39.2 Å². The monoisotopic (exact) mass is 482 g/mol. The van der Waals surface area contributed by atoms with Gasteiger partial charge in [0.2, 0.25) is 0 Å². The number of hydrogen-bond acceptors (Lipinski definition) is 3. The summed E-state index contributed by atoms with van der Waals surface area (Å²) in [5.41, 5.74) is 0.585. The molecule has 3 nitrogen and oxygen atoms in total. The van der Waals surface area contributed by atoms with Gasteiger partial charge >= 0.3 is 5.97 Å². The van der Waals surface area contributed by atoms with Crippen LogP contribution in [0.4, 0.5) is 0 Å². The summed E-state index contributed by atoms with van der Waals surface area (Å²) in [5.74, 6) is 1.60. The van der Waals surface area contributed by atoms with Gasteiger partial charge in [0.25, 0.3) is 0 Å². The maximum Gasteiger partial charge on any atom is 0.312 e. The predicted octanol–water partition coefficient (Wildman–Crippen LogP) is 3.75. The Balaban J connectivity index is 0.00000192. The van der Waals surface area contributed by atoms with Crippen LogP contribution in [0, 0.1) is 35.2 Å². The first-order valence-corrected chi connectivity index (χ1v) is 8.15. The Morgan fingerprint density at radius 1 is 1.39 bits per heavy atom. The molecule has 2 fully saturated rings. The van der Waals surface area contributed by atoms with Gasteiger partial charge in [0.1, 0.15) is 6.10 Å². The van der Waals surface area contributed by atoms with Crippen molar-refractivity contribution in [3.8, 4) is 0 Å². The molecule has 0 aromatic carbocycles. The standard InChI is InChI=1S/C19H24NO2.W/c1-12-11-19(4)17(14(3)22-18(19)21)16(13(12)2)9-8-15-7-5-6-10-20-15;/h5,7-10,12-14,16-17H,11H2,1-4H3;/q-1;/b9-8+;/t12?,13-,14-,16+,17+,19-;/m1./s1. The average Bonchev–Trinajstić information content (AvgIpc) is 2.71. The zero-order valence-electron chi connectivity index (χ0n) is 14.2. The van der Waals surface area contributed by atoms with Crippen LogP contribution in [-0.2, 0) is 30.6 Å². The molecule has 1 saturated carbocycles. The van der Waals surface area contributed by atoms with Gasteiger partial charge in [-0.25, -0.2) is 12.1 Å². The number of cyclic esters (lactones) is 1. The van der Waals surface area contributed by atoms with Crippen LogP contribution >= 0.6 is 0 Å². The van der Waals surface area contributed by atoms with Gasteiger partial charge in [-0.2, -0.15) is 6.07 Å². The van der Waals surface area contributed by atoms with Crippen LogP contribution in [0.2, 0.25) is 0 Å². The van der Waals surface area contributed by atoms with E-state index >= 15 is 0 Å². The van der Waals surface area contributed by atoms with Crippen LogP contribution < -0.4 is 0 Å². The summed E-state index contributed by atoms with van der Waals surface area (Å²) in [7, 11) is 0. The minimum absolute atomic E-state index is 0. The molecule has 3 rings (SSSR count). The van der Waals surface area contributed by atoms with Crippen molar-refractivity contribution < 1.29 is 30.6 Å². The molecule has 1 saturated heterocycles. The van der Waals surface area contributed by atoms with Crippen molar-refractivity contribution in [1.82, 2.24) is 4.98 Å². The van der Waals surface area contributed by atoms with Crippen LogP contribution in [0.25, 0.3) is 6.08 Å². The normalized spacial score (nSPS) is 39.7. The number of hydrogen-bond donors (Lipinski definition) is 0. The molecule has 0 radical (unpaired) electrons. The van der Waals surface area contributed by atoms with Crippen molar-refractivity contribution in [2.75, 3.05) is 0 Å². The molecule has 6 atom stereocenters. The Morgan fingerprint density at radius 3 is 2.78 bits per heavy atom. The van der Waals surface area contributed by atoms with Crippen LogP contribution in [0.3, 0.4) is 0 Å². The molecular weight excluding hydrogens is 458 g/mol. The Morgan fingerprint density at radius 2 is 2.13 bits per heavy atom.